The van der Waals surface area contributed by atoms with Gasteiger partial charge in [-0.25, -0.2) is 4.68 Å². The number of nitrogens with zero attached hydrogens (tertiary/aromatic N) is 3. The number of hydrogen-bond acceptors (Lipinski definition) is 4. The molecule has 1 rings (SSSR count). The molecule has 0 amide bonds. The fraction of sp³-hybridized carbons (Fsp3) is 0.667. The molecule has 0 saturated carbocycles. The molecule has 1 heterocycles. The Morgan fingerprint density at radius 3 is 3.07 bits per heavy atom. The molecule has 84 valence electrons. The lowest BCUT2D eigenvalue weighted by molar-refractivity contribution is -0.136. The molecule has 6 nitrogen and oxygen atoms in total. The molecule has 0 radical (unpaired) electrons. The summed E-state index contributed by atoms with van der Waals surface area (Å²) in [4.78, 5) is 10.4. The SMILES string of the molecule is COCCC(C)n1cc(CC(=O)O)nn1. The summed E-state index contributed by atoms with van der Waals surface area (Å²) in [6.07, 6.45) is 2.40. The summed E-state index contributed by atoms with van der Waals surface area (Å²) in [6, 6.07) is 0.167. The van der Waals surface area contributed by atoms with Gasteiger partial charge in [-0.3, -0.25) is 4.79 Å². The Morgan fingerprint density at radius 2 is 2.47 bits per heavy atom. The van der Waals surface area contributed by atoms with Crippen molar-refractivity contribution in [2.45, 2.75) is 25.8 Å². The smallest absolute Gasteiger partial charge is 0.309 e. The molecule has 0 aliphatic carbocycles. The van der Waals surface area contributed by atoms with E-state index >= 15 is 0 Å². The number of aliphatic carboxylic acids is 1. The molecule has 1 atom stereocenters. The zero-order chi connectivity index (χ0) is 11.3. The Kier molecular flexibility index (Phi) is 4.23. The quantitative estimate of drug-likeness (QED) is 0.744. The van der Waals surface area contributed by atoms with Crippen molar-refractivity contribution in [2.24, 2.45) is 0 Å². The van der Waals surface area contributed by atoms with Gasteiger partial charge in [0.25, 0.3) is 0 Å². The molecule has 0 aliphatic rings. The van der Waals surface area contributed by atoms with E-state index < -0.39 is 5.97 Å². The second-order valence-electron chi connectivity index (χ2n) is 3.39. The third kappa shape index (κ3) is 3.67. The molecule has 6 heteroatoms. The Bertz CT molecular complexity index is 324. The second-order valence-corrected chi connectivity index (χ2v) is 3.39. The number of hydrogen-bond donors (Lipinski definition) is 1. The van der Waals surface area contributed by atoms with Gasteiger partial charge in [-0.1, -0.05) is 5.21 Å². The second kappa shape index (κ2) is 5.45. The fourth-order valence-electron chi connectivity index (χ4n) is 1.19. The standard InChI is InChI=1S/C9H15N3O3/c1-7(3-4-15-2)12-6-8(10-11-12)5-9(13)14/h6-7H,3-5H2,1-2H3,(H,13,14). The fourth-order valence-corrected chi connectivity index (χ4v) is 1.19. The van der Waals surface area contributed by atoms with Crippen molar-refractivity contribution in [3.63, 3.8) is 0 Å². The minimum atomic E-state index is -0.897. The van der Waals surface area contributed by atoms with Gasteiger partial charge in [0, 0.05) is 19.9 Å². The van der Waals surface area contributed by atoms with E-state index in [4.69, 9.17) is 9.84 Å². The van der Waals surface area contributed by atoms with Crippen molar-refractivity contribution in [1.82, 2.24) is 15.0 Å². The number of carbonyl (C=O) groups is 1. The van der Waals surface area contributed by atoms with Gasteiger partial charge in [0.1, 0.15) is 0 Å². The molecular formula is C9H15N3O3. The predicted octanol–water partition coefficient (Wildman–Crippen LogP) is 0.503. The Balaban J connectivity index is 2.54. The Morgan fingerprint density at radius 1 is 1.73 bits per heavy atom. The minimum absolute atomic E-state index is 0.0863. The molecule has 1 unspecified atom stereocenters. The van der Waals surface area contributed by atoms with E-state index in [0.29, 0.717) is 12.3 Å². The van der Waals surface area contributed by atoms with E-state index in [0.717, 1.165) is 6.42 Å². The zero-order valence-electron chi connectivity index (χ0n) is 8.88. The Labute approximate surface area is 87.9 Å². The van der Waals surface area contributed by atoms with Gasteiger partial charge in [-0.15, -0.1) is 5.10 Å². The third-order valence-electron chi connectivity index (χ3n) is 2.08. The lowest BCUT2D eigenvalue weighted by Crippen LogP contribution is -2.08. The molecule has 1 aromatic heterocycles. The number of carboxylic acid groups (broad SMARTS) is 1. The molecule has 0 aromatic carbocycles. The van der Waals surface area contributed by atoms with Crippen LogP contribution in [0, 0.1) is 0 Å². The van der Waals surface area contributed by atoms with Crippen LogP contribution in [0.25, 0.3) is 0 Å². The van der Waals surface area contributed by atoms with Gasteiger partial charge in [0.2, 0.25) is 0 Å². The van der Waals surface area contributed by atoms with Crippen LogP contribution in [0.15, 0.2) is 6.20 Å². The highest BCUT2D eigenvalue weighted by molar-refractivity contribution is 5.69. The molecule has 0 aliphatic heterocycles. The first kappa shape index (κ1) is 11.6. The molecule has 15 heavy (non-hydrogen) atoms. The third-order valence-corrected chi connectivity index (χ3v) is 2.08. The van der Waals surface area contributed by atoms with E-state index in [2.05, 4.69) is 10.3 Å². The number of aromatic nitrogens is 3. The minimum Gasteiger partial charge on any atom is -0.481 e. The topological polar surface area (TPSA) is 77.2 Å². The predicted molar refractivity (Wildman–Crippen MR) is 52.6 cm³/mol. The zero-order valence-corrected chi connectivity index (χ0v) is 8.88. The molecule has 1 aromatic rings. The largest absolute Gasteiger partial charge is 0.481 e. The van der Waals surface area contributed by atoms with E-state index in [-0.39, 0.29) is 12.5 Å². The number of rotatable bonds is 6. The lowest BCUT2D eigenvalue weighted by Gasteiger charge is -2.09. The summed E-state index contributed by atoms with van der Waals surface area (Å²) in [6.45, 7) is 2.63. The summed E-state index contributed by atoms with van der Waals surface area (Å²) in [5, 5.41) is 16.2. The van der Waals surface area contributed by atoms with Crippen molar-refractivity contribution < 1.29 is 14.6 Å². The summed E-state index contributed by atoms with van der Waals surface area (Å²) in [5.74, 6) is -0.897. The highest BCUT2D eigenvalue weighted by Gasteiger charge is 2.09. The first-order valence-corrected chi connectivity index (χ1v) is 4.75. The summed E-state index contributed by atoms with van der Waals surface area (Å²) in [7, 11) is 1.64. The Hall–Kier alpha value is -1.43. The van der Waals surface area contributed by atoms with Crippen molar-refractivity contribution in [1.29, 1.82) is 0 Å². The highest BCUT2D eigenvalue weighted by atomic mass is 16.5. The molecule has 0 saturated heterocycles. The van der Waals surface area contributed by atoms with Gasteiger partial charge in [-0.05, 0) is 13.3 Å². The highest BCUT2D eigenvalue weighted by Crippen LogP contribution is 2.09. The first-order chi connectivity index (χ1) is 7.13. The van der Waals surface area contributed by atoms with Crippen LogP contribution >= 0.6 is 0 Å². The average molecular weight is 213 g/mol. The van der Waals surface area contributed by atoms with Crippen LogP contribution in [0.1, 0.15) is 25.1 Å². The maximum Gasteiger partial charge on any atom is 0.309 e. The maximum atomic E-state index is 10.4. The van der Waals surface area contributed by atoms with Crippen molar-refractivity contribution >= 4 is 5.97 Å². The van der Waals surface area contributed by atoms with Gasteiger partial charge in [0.05, 0.1) is 18.2 Å². The van der Waals surface area contributed by atoms with Crippen molar-refractivity contribution in [2.75, 3.05) is 13.7 Å². The van der Waals surface area contributed by atoms with Gasteiger partial charge < -0.3 is 9.84 Å². The number of ether oxygens (including phenoxy) is 1. The van der Waals surface area contributed by atoms with Gasteiger partial charge in [0.15, 0.2) is 0 Å². The van der Waals surface area contributed by atoms with Crippen LogP contribution in [0.5, 0.6) is 0 Å². The van der Waals surface area contributed by atoms with Crippen LogP contribution in [-0.4, -0.2) is 39.8 Å². The normalized spacial score (nSPS) is 12.7. The molecule has 1 N–H and O–H groups in total. The van der Waals surface area contributed by atoms with E-state index in [1.165, 1.54) is 0 Å². The average Bonchev–Trinajstić information content (AvgIpc) is 2.61. The molecule has 0 fully saturated rings. The van der Waals surface area contributed by atoms with Crippen LogP contribution < -0.4 is 0 Å². The van der Waals surface area contributed by atoms with Gasteiger partial charge >= 0.3 is 5.97 Å². The van der Waals surface area contributed by atoms with Gasteiger partial charge in [-0.2, -0.15) is 0 Å². The maximum absolute atomic E-state index is 10.4. The lowest BCUT2D eigenvalue weighted by atomic mass is 10.2. The molecule has 0 bridgehead atoms. The van der Waals surface area contributed by atoms with E-state index in [9.17, 15) is 4.79 Å². The molecule has 0 spiro atoms. The van der Waals surface area contributed by atoms with Crippen LogP contribution in [0.3, 0.4) is 0 Å². The number of methoxy groups -OCH3 is 1. The van der Waals surface area contributed by atoms with Crippen LogP contribution in [0.2, 0.25) is 0 Å². The summed E-state index contributed by atoms with van der Waals surface area (Å²) in [5.41, 5.74) is 0.478. The van der Waals surface area contributed by atoms with Crippen molar-refractivity contribution in [3.8, 4) is 0 Å². The molecular weight excluding hydrogens is 198 g/mol. The van der Waals surface area contributed by atoms with E-state index in [1.54, 1.807) is 18.0 Å². The monoisotopic (exact) mass is 213 g/mol. The van der Waals surface area contributed by atoms with Crippen molar-refractivity contribution in [3.05, 3.63) is 11.9 Å². The van der Waals surface area contributed by atoms with Crippen LogP contribution in [-0.2, 0) is 16.0 Å². The number of carboxylic acids is 1. The summed E-state index contributed by atoms with van der Waals surface area (Å²) < 4.78 is 6.61. The van der Waals surface area contributed by atoms with E-state index in [1.807, 2.05) is 6.92 Å². The first-order valence-electron chi connectivity index (χ1n) is 4.75. The van der Waals surface area contributed by atoms with Crippen LogP contribution in [0.4, 0.5) is 0 Å². The summed E-state index contributed by atoms with van der Waals surface area (Å²) >= 11 is 0.